The summed E-state index contributed by atoms with van der Waals surface area (Å²) < 4.78 is 0. The first-order valence-corrected chi connectivity index (χ1v) is 27.3. The highest BCUT2D eigenvalue weighted by molar-refractivity contribution is 5.76. The Balaban J connectivity index is 3.53. The molecule has 0 saturated heterocycles. The van der Waals surface area contributed by atoms with Crippen molar-refractivity contribution >= 4 is 5.91 Å². The summed E-state index contributed by atoms with van der Waals surface area (Å²) in [5, 5.41) is 23.3. The Bertz CT molecular complexity index is 1130. The van der Waals surface area contributed by atoms with Crippen molar-refractivity contribution in [2.75, 3.05) is 6.61 Å². The molecule has 0 aliphatic rings. The molecule has 2 atom stereocenters. The number of carbonyl (C=O) groups is 1. The van der Waals surface area contributed by atoms with Crippen LogP contribution in [0.3, 0.4) is 0 Å². The Kier molecular flexibility index (Phi) is 51.8. The van der Waals surface area contributed by atoms with Gasteiger partial charge in [0.1, 0.15) is 0 Å². The topological polar surface area (TPSA) is 69.6 Å². The third-order valence-corrected chi connectivity index (χ3v) is 12.2. The normalized spacial score (nSPS) is 13.5. The lowest BCUT2D eigenvalue weighted by Crippen LogP contribution is -2.45. The molecule has 0 heterocycles. The zero-order valence-electron chi connectivity index (χ0n) is 41.8. The van der Waals surface area contributed by atoms with E-state index in [1.165, 1.54) is 167 Å². The number of nitrogens with one attached hydrogen (secondary N) is 1. The predicted molar refractivity (Wildman–Crippen MR) is 280 cm³/mol. The molecule has 0 bridgehead atoms. The molecule has 0 radical (unpaired) electrons. The van der Waals surface area contributed by atoms with E-state index in [1.807, 2.05) is 0 Å². The molecule has 364 valence electrons. The van der Waals surface area contributed by atoms with E-state index in [-0.39, 0.29) is 12.5 Å². The van der Waals surface area contributed by atoms with Crippen molar-refractivity contribution in [3.63, 3.8) is 0 Å². The highest BCUT2D eigenvalue weighted by Gasteiger charge is 2.20. The number of rotatable bonds is 49. The average Bonchev–Trinajstić information content (AvgIpc) is 3.29. The van der Waals surface area contributed by atoms with E-state index in [4.69, 9.17) is 0 Å². The van der Waals surface area contributed by atoms with E-state index < -0.39 is 12.1 Å². The quantitative estimate of drug-likeness (QED) is 0.0421. The van der Waals surface area contributed by atoms with Gasteiger partial charge in [0.25, 0.3) is 0 Å². The molecule has 0 aromatic heterocycles. The molecule has 2 unspecified atom stereocenters. The van der Waals surface area contributed by atoms with E-state index in [0.29, 0.717) is 12.8 Å². The van der Waals surface area contributed by atoms with Gasteiger partial charge in [0.2, 0.25) is 5.91 Å². The summed E-state index contributed by atoms with van der Waals surface area (Å²) in [6, 6.07) is -0.543. The van der Waals surface area contributed by atoms with E-state index in [1.54, 1.807) is 0 Å². The van der Waals surface area contributed by atoms with Gasteiger partial charge in [-0.2, -0.15) is 0 Å². The maximum Gasteiger partial charge on any atom is 0.220 e. The molecule has 0 aliphatic carbocycles. The van der Waals surface area contributed by atoms with Crippen LogP contribution in [0.25, 0.3) is 0 Å². The van der Waals surface area contributed by atoms with Gasteiger partial charge in [0.15, 0.2) is 0 Å². The summed E-state index contributed by atoms with van der Waals surface area (Å²) >= 11 is 0. The fourth-order valence-corrected chi connectivity index (χ4v) is 8.05. The lowest BCUT2D eigenvalue weighted by molar-refractivity contribution is -0.123. The second-order valence-electron chi connectivity index (χ2n) is 18.3. The molecular weight excluding hydrogens is 771 g/mol. The van der Waals surface area contributed by atoms with Gasteiger partial charge in [-0.25, -0.2) is 0 Å². The van der Waals surface area contributed by atoms with Crippen LogP contribution in [0.5, 0.6) is 0 Å². The first-order valence-electron chi connectivity index (χ1n) is 27.3. The Morgan fingerprint density at radius 2 is 0.698 bits per heavy atom. The van der Waals surface area contributed by atoms with Crippen molar-refractivity contribution in [1.82, 2.24) is 5.32 Å². The molecule has 4 nitrogen and oxygen atoms in total. The van der Waals surface area contributed by atoms with Gasteiger partial charge < -0.3 is 15.5 Å². The van der Waals surface area contributed by atoms with Crippen LogP contribution in [0.2, 0.25) is 0 Å². The Hall–Kier alpha value is -2.43. The van der Waals surface area contributed by atoms with Gasteiger partial charge >= 0.3 is 0 Å². The van der Waals surface area contributed by atoms with Gasteiger partial charge in [-0.1, -0.05) is 272 Å². The number of hydrogen-bond donors (Lipinski definition) is 3. The summed E-state index contributed by atoms with van der Waals surface area (Å²) in [6.07, 6.45) is 78.4. The van der Waals surface area contributed by atoms with Crippen molar-refractivity contribution in [3.05, 3.63) is 85.1 Å². The highest BCUT2D eigenvalue weighted by atomic mass is 16.3. The second kappa shape index (κ2) is 53.9. The van der Waals surface area contributed by atoms with Gasteiger partial charge in [0.05, 0.1) is 18.8 Å². The molecule has 1 amide bonds. The monoisotopic (exact) mass is 876 g/mol. The third-order valence-electron chi connectivity index (χ3n) is 12.2. The van der Waals surface area contributed by atoms with Crippen LogP contribution >= 0.6 is 0 Å². The molecule has 0 spiro atoms. The molecule has 0 fully saturated rings. The minimum Gasteiger partial charge on any atom is -0.394 e. The van der Waals surface area contributed by atoms with Crippen molar-refractivity contribution < 1.29 is 15.0 Å². The fraction of sp³-hybridized carbons (Fsp3) is 0.746. The highest BCUT2D eigenvalue weighted by Crippen LogP contribution is 2.16. The molecule has 4 heteroatoms. The van der Waals surface area contributed by atoms with Crippen molar-refractivity contribution in [2.45, 2.75) is 276 Å². The minimum atomic E-state index is -0.665. The molecule has 0 aromatic rings. The predicted octanol–water partition coefficient (Wildman–Crippen LogP) is 18.0. The van der Waals surface area contributed by atoms with Gasteiger partial charge in [-0.05, 0) is 70.6 Å². The van der Waals surface area contributed by atoms with Crippen LogP contribution < -0.4 is 5.32 Å². The fourth-order valence-electron chi connectivity index (χ4n) is 8.05. The number of amides is 1. The zero-order chi connectivity index (χ0) is 45.6. The van der Waals surface area contributed by atoms with Crippen LogP contribution in [-0.4, -0.2) is 34.9 Å². The minimum absolute atomic E-state index is 0.0359. The van der Waals surface area contributed by atoms with Gasteiger partial charge in [-0.3, -0.25) is 4.79 Å². The van der Waals surface area contributed by atoms with Crippen LogP contribution in [0.1, 0.15) is 264 Å². The maximum absolute atomic E-state index is 12.5. The van der Waals surface area contributed by atoms with Crippen molar-refractivity contribution in [1.29, 1.82) is 0 Å². The van der Waals surface area contributed by atoms with Gasteiger partial charge in [-0.15, -0.1) is 0 Å². The summed E-state index contributed by atoms with van der Waals surface area (Å²) in [5.41, 5.74) is 0. The Morgan fingerprint density at radius 3 is 1.05 bits per heavy atom. The first kappa shape index (κ1) is 60.6. The number of aliphatic hydroxyl groups is 2. The summed E-state index contributed by atoms with van der Waals surface area (Å²) in [4.78, 5) is 12.5. The molecule has 0 saturated carbocycles. The van der Waals surface area contributed by atoms with Crippen molar-refractivity contribution in [3.8, 4) is 0 Å². The Morgan fingerprint density at radius 1 is 0.397 bits per heavy atom. The largest absolute Gasteiger partial charge is 0.394 e. The first-order chi connectivity index (χ1) is 31.2. The standard InChI is InChI=1S/C59H105NO3/c1-3-5-7-9-11-13-15-17-19-21-23-24-25-26-27-28-29-30-31-32-33-34-35-36-37-39-41-43-45-47-49-51-53-55-59(63)60-57(56-61)58(62)54-52-50-48-46-44-42-40-38-22-20-18-16-14-12-10-8-6-4-2/h5,7,11,13,17,19,23-24,26-27,29-30,32-33,57-58,61-62H,3-4,6,8-10,12,14-16,18,20-22,25,28,31,34-56H2,1-2H3,(H,60,63)/b7-5-,13-11-,19-17-,24-23-,27-26-,30-29-,33-32-. The van der Waals surface area contributed by atoms with E-state index in [0.717, 1.165) is 70.6 Å². The number of aliphatic hydroxyl groups excluding tert-OH is 2. The van der Waals surface area contributed by atoms with Gasteiger partial charge in [0, 0.05) is 6.42 Å². The SMILES string of the molecule is CC/C=C\C/C=C\C/C=C\C/C=C\C/C=C\C/C=C\C/C=C\CCCCCCCCCCCCCC(=O)NC(CO)C(O)CCCCCCCCCCCCCCCCCCCC. The lowest BCUT2D eigenvalue weighted by atomic mass is 10.0. The molecular formula is C59H105NO3. The molecule has 0 aliphatic heterocycles. The number of allylic oxidation sites excluding steroid dienone is 14. The number of carbonyl (C=O) groups excluding carboxylic acids is 1. The Labute approximate surface area is 392 Å². The molecule has 63 heavy (non-hydrogen) atoms. The van der Waals surface area contributed by atoms with Crippen LogP contribution in [0.4, 0.5) is 0 Å². The number of unbranched alkanes of at least 4 members (excludes halogenated alkanes) is 28. The van der Waals surface area contributed by atoms with Crippen molar-refractivity contribution in [2.24, 2.45) is 0 Å². The lowest BCUT2D eigenvalue weighted by Gasteiger charge is -2.22. The summed E-state index contributed by atoms with van der Waals surface area (Å²) in [6.45, 7) is 4.25. The second-order valence-corrected chi connectivity index (χ2v) is 18.3. The molecule has 3 N–H and O–H groups in total. The van der Waals surface area contributed by atoms with E-state index in [2.05, 4.69) is 104 Å². The average molecular weight is 876 g/mol. The van der Waals surface area contributed by atoms with Crippen LogP contribution in [-0.2, 0) is 4.79 Å². The smallest absolute Gasteiger partial charge is 0.220 e. The number of hydrogen-bond acceptors (Lipinski definition) is 3. The summed E-state index contributed by atoms with van der Waals surface area (Å²) in [5.74, 6) is -0.0359. The molecule has 0 aromatic carbocycles. The van der Waals surface area contributed by atoms with Crippen LogP contribution in [0.15, 0.2) is 85.1 Å². The zero-order valence-corrected chi connectivity index (χ0v) is 41.8. The third kappa shape index (κ3) is 50.4. The summed E-state index contributed by atoms with van der Waals surface area (Å²) in [7, 11) is 0. The molecule has 0 rings (SSSR count). The van der Waals surface area contributed by atoms with E-state index >= 15 is 0 Å². The van der Waals surface area contributed by atoms with Crippen LogP contribution in [0, 0.1) is 0 Å². The maximum atomic E-state index is 12.5. The van der Waals surface area contributed by atoms with E-state index in [9.17, 15) is 15.0 Å².